The van der Waals surface area contributed by atoms with Gasteiger partial charge in [0, 0.05) is 30.5 Å². The number of carbonyl (C=O) groups is 1. The summed E-state index contributed by atoms with van der Waals surface area (Å²) in [6.45, 7) is 7.84. The van der Waals surface area contributed by atoms with Crippen molar-refractivity contribution < 1.29 is 4.79 Å². The van der Waals surface area contributed by atoms with E-state index >= 15 is 0 Å². The van der Waals surface area contributed by atoms with Crippen molar-refractivity contribution >= 4 is 17.7 Å². The SMILES string of the molecule is CCSCC(C)NC(=O)C(C)=C1CNC1. The number of rotatable bonds is 5. The van der Waals surface area contributed by atoms with Crippen molar-refractivity contribution in [1.29, 1.82) is 0 Å². The lowest BCUT2D eigenvalue weighted by molar-refractivity contribution is -0.118. The molecule has 1 amide bonds. The van der Waals surface area contributed by atoms with Crippen LogP contribution in [0.1, 0.15) is 20.8 Å². The molecule has 0 aromatic rings. The number of thioether (sulfide) groups is 1. The summed E-state index contributed by atoms with van der Waals surface area (Å²) in [4.78, 5) is 11.7. The standard InChI is InChI=1S/C11H20N2OS/c1-4-15-7-8(2)13-11(14)9(3)10-5-12-6-10/h8,12H,4-7H2,1-3H3,(H,13,14). The van der Waals surface area contributed by atoms with Crippen molar-refractivity contribution in [2.75, 3.05) is 24.6 Å². The topological polar surface area (TPSA) is 41.1 Å². The average Bonchev–Trinajstić information content (AvgIpc) is 2.11. The molecule has 1 aliphatic heterocycles. The molecular formula is C11H20N2OS. The zero-order valence-corrected chi connectivity index (χ0v) is 10.5. The van der Waals surface area contributed by atoms with Crippen molar-refractivity contribution in [3.63, 3.8) is 0 Å². The van der Waals surface area contributed by atoms with Gasteiger partial charge in [0.1, 0.15) is 0 Å². The maximum atomic E-state index is 11.7. The van der Waals surface area contributed by atoms with E-state index in [1.807, 2.05) is 18.7 Å². The number of hydrogen-bond donors (Lipinski definition) is 2. The zero-order valence-electron chi connectivity index (χ0n) is 9.72. The maximum absolute atomic E-state index is 11.7. The molecule has 15 heavy (non-hydrogen) atoms. The second kappa shape index (κ2) is 6.18. The number of carbonyl (C=O) groups excluding carboxylic acids is 1. The van der Waals surface area contributed by atoms with E-state index in [0.29, 0.717) is 0 Å². The smallest absolute Gasteiger partial charge is 0.247 e. The molecule has 86 valence electrons. The second-order valence-electron chi connectivity index (χ2n) is 3.87. The summed E-state index contributed by atoms with van der Waals surface area (Å²) in [5.74, 6) is 2.18. The van der Waals surface area contributed by atoms with E-state index in [9.17, 15) is 4.79 Å². The van der Waals surface area contributed by atoms with Crippen LogP contribution < -0.4 is 10.6 Å². The fourth-order valence-electron chi connectivity index (χ4n) is 1.34. The van der Waals surface area contributed by atoms with Crippen LogP contribution in [0.15, 0.2) is 11.1 Å². The lowest BCUT2D eigenvalue weighted by atomic mass is 10.0. The highest BCUT2D eigenvalue weighted by atomic mass is 32.2. The van der Waals surface area contributed by atoms with Gasteiger partial charge in [0.05, 0.1) is 0 Å². The quantitative estimate of drug-likeness (QED) is 0.694. The van der Waals surface area contributed by atoms with Gasteiger partial charge in [0.2, 0.25) is 5.91 Å². The minimum absolute atomic E-state index is 0.0932. The second-order valence-corrected chi connectivity index (χ2v) is 5.19. The third kappa shape index (κ3) is 3.87. The Balaban J connectivity index is 2.34. The summed E-state index contributed by atoms with van der Waals surface area (Å²) in [6, 6.07) is 0.256. The Morgan fingerprint density at radius 2 is 2.27 bits per heavy atom. The summed E-state index contributed by atoms with van der Waals surface area (Å²) >= 11 is 1.85. The van der Waals surface area contributed by atoms with Gasteiger partial charge < -0.3 is 10.6 Å². The average molecular weight is 228 g/mol. The molecule has 4 heteroatoms. The molecule has 0 radical (unpaired) electrons. The predicted molar refractivity (Wildman–Crippen MR) is 66.2 cm³/mol. The zero-order chi connectivity index (χ0) is 11.3. The molecule has 1 atom stereocenters. The Morgan fingerprint density at radius 1 is 1.60 bits per heavy atom. The molecule has 1 rings (SSSR count). The van der Waals surface area contributed by atoms with Crippen molar-refractivity contribution in [2.45, 2.75) is 26.8 Å². The van der Waals surface area contributed by atoms with Crippen LogP contribution in [0, 0.1) is 0 Å². The lowest BCUT2D eigenvalue weighted by Crippen LogP contribution is -2.40. The van der Waals surface area contributed by atoms with Crippen LogP contribution in [-0.2, 0) is 4.79 Å². The minimum atomic E-state index is 0.0932. The molecule has 1 heterocycles. The van der Waals surface area contributed by atoms with Crippen LogP contribution in [0.5, 0.6) is 0 Å². The largest absolute Gasteiger partial charge is 0.349 e. The van der Waals surface area contributed by atoms with E-state index in [1.54, 1.807) is 0 Å². The Hall–Kier alpha value is -0.480. The van der Waals surface area contributed by atoms with Crippen LogP contribution in [0.4, 0.5) is 0 Å². The van der Waals surface area contributed by atoms with E-state index in [4.69, 9.17) is 0 Å². The Bertz CT molecular complexity index is 257. The summed E-state index contributed by atoms with van der Waals surface area (Å²) in [5.41, 5.74) is 2.13. The van der Waals surface area contributed by atoms with E-state index in [2.05, 4.69) is 24.5 Å². The van der Waals surface area contributed by atoms with E-state index in [-0.39, 0.29) is 11.9 Å². The van der Waals surface area contributed by atoms with Crippen LogP contribution in [0.3, 0.4) is 0 Å². The normalized spacial score (nSPS) is 16.9. The highest BCUT2D eigenvalue weighted by Gasteiger charge is 2.16. The molecule has 3 nitrogen and oxygen atoms in total. The Kier molecular flexibility index (Phi) is 5.19. The van der Waals surface area contributed by atoms with E-state index in [1.165, 1.54) is 5.57 Å². The van der Waals surface area contributed by atoms with Crippen molar-refractivity contribution in [1.82, 2.24) is 10.6 Å². The molecule has 1 unspecified atom stereocenters. The van der Waals surface area contributed by atoms with Gasteiger partial charge >= 0.3 is 0 Å². The van der Waals surface area contributed by atoms with E-state index < -0.39 is 0 Å². The molecule has 0 aliphatic carbocycles. The summed E-state index contributed by atoms with van der Waals surface area (Å²) in [5, 5.41) is 6.16. The van der Waals surface area contributed by atoms with Gasteiger partial charge in [0.15, 0.2) is 0 Å². The monoisotopic (exact) mass is 228 g/mol. The van der Waals surface area contributed by atoms with Gasteiger partial charge in [-0.2, -0.15) is 11.8 Å². The van der Waals surface area contributed by atoms with Crippen LogP contribution >= 0.6 is 11.8 Å². The van der Waals surface area contributed by atoms with Crippen LogP contribution in [0.25, 0.3) is 0 Å². The lowest BCUT2D eigenvalue weighted by Gasteiger charge is -2.22. The molecule has 0 aromatic carbocycles. The van der Waals surface area contributed by atoms with Gasteiger partial charge in [-0.15, -0.1) is 0 Å². The fraction of sp³-hybridized carbons (Fsp3) is 0.727. The van der Waals surface area contributed by atoms with Crippen LogP contribution in [-0.4, -0.2) is 36.5 Å². The van der Waals surface area contributed by atoms with Gasteiger partial charge in [-0.25, -0.2) is 0 Å². The first-order valence-electron chi connectivity index (χ1n) is 5.43. The molecule has 1 saturated heterocycles. The first-order valence-corrected chi connectivity index (χ1v) is 6.58. The summed E-state index contributed by atoms with van der Waals surface area (Å²) in [6.07, 6.45) is 0. The molecule has 1 aliphatic rings. The van der Waals surface area contributed by atoms with E-state index in [0.717, 1.165) is 30.2 Å². The first kappa shape index (κ1) is 12.6. The van der Waals surface area contributed by atoms with Gasteiger partial charge in [0.25, 0.3) is 0 Å². The predicted octanol–water partition coefficient (Wildman–Crippen LogP) is 1.16. The summed E-state index contributed by atoms with van der Waals surface area (Å²) < 4.78 is 0. The molecule has 0 bridgehead atoms. The molecular weight excluding hydrogens is 208 g/mol. The third-order valence-corrected chi connectivity index (χ3v) is 3.64. The highest BCUT2D eigenvalue weighted by molar-refractivity contribution is 7.99. The number of nitrogens with one attached hydrogen (secondary N) is 2. The van der Waals surface area contributed by atoms with Crippen LogP contribution in [0.2, 0.25) is 0 Å². The molecule has 2 N–H and O–H groups in total. The minimum Gasteiger partial charge on any atom is -0.349 e. The third-order valence-electron chi connectivity index (χ3n) is 2.50. The fourth-order valence-corrected chi connectivity index (χ4v) is 2.02. The van der Waals surface area contributed by atoms with Crippen molar-refractivity contribution in [3.8, 4) is 0 Å². The van der Waals surface area contributed by atoms with Gasteiger partial charge in [-0.1, -0.05) is 6.92 Å². The Labute approximate surface area is 96.1 Å². The number of hydrogen-bond acceptors (Lipinski definition) is 3. The first-order chi connectivity index (χ1) is 7.15. The van der Waals surface area contributed by atoms with Crippen molar-refractivity contribution in [2.24, 2.45) is 0 Å². The molecule has 1 fully saturated rings. The highest BCUT2D eigenvalue weighted by Crippen LogP contribution is 2.09. The summed E-state index contributed by atoms with van der Waals surface area (Å²) in [7, 11) is 0. The van der Waals surface area contributed by atoms with Crippen molar-refractivity contribution in [3.05, 3.63) is 11.1 Å². The number of amides is 1. The maximum Gasteiger partial charge on any atom is 0.247 e. The molecule has 0 aromatic heterocycles. The molecule has 0 spiro atoms. The Morgan fingerprint density at radius 3 is 2.73 bits per heavy atom. The van der Waals surface area contributed by atoms with Gasteiger partial charge in [-0.3, -0.25) is 4.79 Å². The molecule has 0 saturated carbocycles. The van der Waals surface area contributed by atoms with Gasteiger partial charge in [-0.05, 0) is 25.2 Å².